The number of Topliss-reactive ketones (excluding diaryl/α,β-unsaturated/α-hetero) is 2. The van der Waals surface area contributed by atoms with Crippen molar-refractivity contribution in [2.75, 3.05) is 0 Å². The fourth-order valence-corrected chi connectivity index (χ4v) is 1.33. The van der Waals surface area contributed by atoms with Gasteiger partial charge in [-0.1, -0.05) is 13.3 Å². The first kappa shape index (κ1) is 10.4. The molecule has 0 heterocycles. The summed E-state index contributed by atoms with van der Waals surface area (Å²) in [6.45, 7) is 1.96. The second-order valence-electron chi connectivity index (χ2n) is 3.83. The van der Waals surface area contributed by atoms with Crippen LogP contribution >= 0.6 is 0 Å². The highest BCUT2D eigenvalue weighted by molar-refractivity contribution is 6.39. The fourth-order valence-electron chi connectivity index (χ4n) is 1.33. The van der Waals surface area contributed by atoms with Gasteiger partial charge in [0.1, 0.15) is 0 Å². The zero-order valence-electron chi connectivity index (χ0n) is 8.08. The van der Waals surface area contributed by atoms with Crippen LogP contribution in [0.15, 0.2) is 0 Å². The number of carbonyl (C=O) groups excluding carboxylic acids is 2. The summed E-state index contributed by atoms with van der Waals surface area (Å²) in [4.78, 5) is 22.6. The number of hydrogen-bond acceptors (Lipinski definition) is 3. The summed E-state index contributed by atoms with van der Waals surface area (Å²) in [7, 11) is 0. The molecule has 13 heavy (non-hydrogen) atoms. The van der Waals surface area contributed by atoms with Gasteiger partial charge in [0.25, 0.3) is 0 Å². The zero-order valence-corrected chi connectivity index (χ0v) is 8.08. The Labute approximate surface area is 78.7 Å². The molecule has 0 spiro atoms. The molecule has 0 aromatic rings. The summed E-state index contributed by atoms with van der Waals surface area (Å²) in [5.41, 5.74) is 5.55. The lowest BCUT2D eigenvalue weighted by Crippen LogP contribution is -2.35. The van der Waals surface area contributed by atoms with Gasteiger partial charge >= 0.3 is 0 Å². The van der Waals surface area contributed by atoms with Crippen LogP contribution < -0.4 is 5.73 Å². The van der Waals surface area contributed by atoms with Crippen LogP contribution in [0.1, 0.15) is 39.0 Å². The quantitative estimate of drug-likeness (QED) is 0.626. The highest BCUT2D eigenvalue weighted by atomic mass is 16.2. The van der Waals surface area contributed by atoms with Crippen molar-refractivity contribution in [3.63, 3.8) is 0 Å². The molecular formula is C10H17NO2. The van der Waals surface area contributed by atoms with E-state index in [2.05, 4.69) is 0 Å². The largest absolute Gasteiger partial charge is 0.321 e. The molecular weight excluding hydrogens is 166 g/mol. The Balaban J connectivity index is 2.31. The predicted molar refractivity (Wildman–Crippen MR) is 50.2 cm³/mol. The van der Waals surface area contributed by atoms with Crippen LogP contribution in [0, 0.1) is 5.92 Å². The van der Waals surface area contributed by atoms with Gasteiger partial charge in [-0.15, -0.1) is 0 Å². The Kier molecular flexibility index (Phi) is 3.60. The molecule has 74 valence electrons. The molecule has 0 aliphatic heterocycles. The molecule has 0 saturated heterocycles. The maximum absolute atomic E-state index is 11.3. The summed E-state index contributed by atoms with van der Waals surface area (Å²) in [5, 5.41) is 0. The molecule has 1 saturated carbocycles. The molecule has 1 rings (SSSR count). The van der Waals surface area contributed by atoms with E-state index in [0.717, 1.165) is 19.3 Å². The van der Waals surface area contributed by atoms with Crippen molar-refractivity contribution in [2.24, 2.45) is 11.7 Å². The fraction of sp³-hybridized carbons (Fsp3) is 0.800. The Morgan fingerprint density at radius 1 is 1.46 bits per heavy atom. The van der Waals surface area contributed by atoms with E-state index < -0.39 is 6.04 Å². The van der Waals surface area contributed by atoms with Gasteiger partial charge in [0, 0.05) is 6.42 Å². The van der Waals surface area contributed by atoms with Crippen LogP contribution in [0.2, 0.25) is 0 Å². The van der Waals surface area contributed by atoms with E-state index in [-0.39, 0.29) is 11.6 Å². The summed E-state index contributed by atoms with van der Waals surface area (Å²) < 4.78 is 0. The third-order valence-electron chi connectivity index (χ3n) is 2.38. The molecule has 0 radical (unpaired) electrons. The van der Waals surface area contributed by atoms with Crippen molar-refractivity contribution in [3.8, 4) is 0 Å². The lowest BCUT2D eigenvalue weighted by atomic mass is 10.0. The van der Waals surface area contributed by atoms with E-state index in [9.17, 15) is 9.59 Å². The normalized spacial score (nSPS) is 18.3. The number of hydrogen-bond donors (Lipinski definition) is 1. The van der Waals surface area contributed by atoms with E-state index in [0.29, 0.717) is 18.8 Å². The molecule has 0 unspecified atom stereocenters. The van der Waals surface area contributed by atoms with Crippen LogP contribution in [0.25, 0.3) is 0 Å². The van der Waals surface area contributed by atoms with Gasteiger partial charge in [0.05, 0.1) is 6.04 Å². The molecule has 2 N–H and O–H groups in total. The molecule has 1 aliphatic rings. The summed E-state index contributed by atoms with van der Waals surface area (Å²) in [6, 6.07) is -0.559. The average Bonchev–Trinajstić information content (AvgIpc) is 2.87. The molecule has 0 aromatic heterocycles. The van der Waals surface area contributed by atoms with Gasteiger partial charge in [0.2, 0.25) is 5.78 Å². The van der Waals surface area contributed by atoms with Gasteiger partial charge in [-0.2, -0.15) is 0 Å². The molecule has 0 amide bonds. The SMILES string of the molecule is CCC[C@H](N)C(=O)C(=O)CC1CC1. The molecule has 1 atom stereocenters. The Morgan fingerprint density at radius 3 is 2.54 bits per heavy atom. The summed E-state index contributed by atoms with van der Waals surface area (Å²) in [5.74, 6) is -0.150. The van der Waals surface area contributed by atoms with E-state index in [1.165, 1.54) is 0 Å². The molecule has 0 aromatic carbocycles. The maximum atomic E-state index is 11.3. The third kappa shape index (κ3) is 3.27. The minimum Gasteiger partial charge on any atom is -0.321 e. The number of rotatable bonds is 6. The molecule has 1 aliphatic carbocycles. The lowest BCUT2D eigenvalue weighted by Gasteiger charge is -2.06. The zero-order chi connectivity index (χ0) is 9.84. The summed E-state index contributed by atoms with van der Waals surface area (Å²) >= 11 is 0. The van der Waals surface area contributed by atoms with Crippen molar-refractivity contribution in [3.05, 3.63) is 0 Å². The van der Waals surface area contributed by atoms with Crippen molar-refractivity contribution >= 4 is 11.6 Å². The first-order valence-electron chi connectivity index (χ1n) is 4.97. The van der Waals surface area contributed by atoms with Crippen LogP contribution in [-0.4, -0.2) is 17.6 Å². The summed E-state index contributed by atoms with van der Waals surface area (Å²) in [6.07, 6.45) is 4.10. The number of carbonyl (C=O) groups is 2. The van der Waals surface area contributed by atoms with Crippen LogP contribution in [0.5, 0.6) is 0 Å². The highest BCUT2D eigenvalue weighted by Crippen LogP contribution is 2.32. The standard InChI is InChI=1S/C10H17NO2/c1-2-3-8(11)10(13)9(12)6-7-4-5-7/h7-8H,2-6,11H2,1H3/t8-/m0/s1. The van der Waals surface area contributed by atoms with Crippen molar-refractivity contribution in [2.45, 2.75) is 45.1 Å². The van der Waals surface area contributed by atoms with Crippen LogP contribution in [-0.2, 0) is 9.59 Å². The molecule has 3 heteroatoms. The number of nitrogens with two attached hydrogens (primary N) is 1. The highest BCUT2D eigenvalue weighted by Gasteiger charge is 2.29. The van der Waals surface area contributed by atoms with Crippen molar-refractivity contribution < 1.29 is 9.59 Å². The average molecular weight is 183 g/mol. The van der Waals surface area contributed by atoms with Crippen LogP contribution in [0.4, 0.5) is 0 Å². The van der Waals surface area contributed by atoms with Gasteiger partial charge < -0.3 is 5.73 Å². The molecule has 3 nitrogen and oxygen atoms in total. The second-order valence-corrected chi connectivity index (χ2v) is 3.83. The Bertz CT molecular complexity index is 209. The van der Waals surface area contributed by atoms with E-state index in [1.54, 1.807) is 0 Å². The van der Waals surface area contributed by atoms with Crippen molar-refractivity contribution in [1.82, 2.24) is 0 Å². The predicted octanol–water partition coefficient (Wildman–Crippen LogP) is 1.05. The van der Waals surface area contributed by atoms with Gasteiger partial charge in [-0.05, 0) is 25.2 Å². The van der Waals surface area contributed by atoms with E-state index >= 15 is 0 Å². The first-order valence-corrected chi connectivity index (χ1v) is 4.97. The van der Waals surface area contributed by atoms with Gasteiger partial charge in [0.15, 0.2) is 5.78 Å². The lowest BCUT2D eigenvalue weighted by molar-refractivity contribution is -0.137. The van der Waals surface area contributed by atoms with Crippen LogP contribution in [0.3, 0.4) is 0 Å². The second kappa shape index (κ2) is 4.51. The molecule has 1 fully saturated rings. The Morgan fingerprint density at radius 2 is 2.08 bits per heavy atom. The van der Waals surface area contributed by atoms with Crippen molar-refractivity contribution in [1.29, 1.82) is 0 Å². The minimum absolute atomic E-state index is 0.261. The number of ketones is 2. The third-order valence-corrected chi connectivity index (χ3v) is 2.38. The first-order chi connectivity index (χ1) is 6.15. The smallest absolute Gasteiger partial charge is 0.214 e. The van der Waals surface area contributed by atoms with E-state index in [1.807, 2.05) is 6.92 Å². The topological polar surface area (TPSA) is 60.2 Å². The minimum atomic E-state index is -0.559. The van der Waals surface area contributed by atoms with Gasteiger partial charge in [-0.3, -0.25) is 9.59 Å². The molecule has 0 bridgehead atoms. The monoisotopic (exact) mass is 183 g/mol. The Hall–Kier alpha value is -0.700. The van der Waals surface area contributed by atoms with E-state index in [4.69, 9.17) is 5.73 Å². The maximum Gasteiger partial charge on any atom is 0.214 e. The van der Waals surface area contributed by atoms with Gasteiger partial charge in [-0.25, -0.2) is 0 Å².